The van der Waals surface area contributed by atoms with Crippen LogP contribution in [0.1, 0.15) is 6.42 Å². The molecule has 94 valence electrons. The zero-order chi connectivity index (χ0) is 12.5. The predicted octanol–water partition coefficient (Wildman–Crippen LogP) is 1.99. The van der Waals surface area contributed by atoms with E-state index in [0.29, 0.717) is 13.1 Å². The summed E-state index contributed by atoms with van der Waals surface area (Å²) in [5, 5.41) is 13.1. The van der Waals surface area contributed by atoms with Crippen LogP contribution in [0.4, 0.5) is 10.5 Å². The summed E-state index contributed by atoms with van der Waals surface area (Å²) in [7, 11) is 0. The van der Waals surface area contributed by atoms with Crippen molar-refractivity contribution in [1.29, 1.82) is 0 Å². The van der Waals surface area contributed by atoms with Gasteiger partial charge in [-0.15, -0.1) is 0 Å². The van der Waals surface area contributed by atoms with E-state index < -0.39 is 6.09 Å². The molecule has 3 rings (SSSR count). The molecule has 1 unspecified atom stereocenters. The first-order valence-corrected chi connectivity index (χ1v) is 5.79. The number of likely N-dealkylation sites (tertiary alicyclic amines) is 1. The molecule has 2 aromatic rings. The van der Waals surface area contributed by atoms with Gasteiger partial charge in [0, 0.05) is 30.7 Å². The molecular formula is C12H13N3O3. The molecule has 1 aliphatic heterocycles. The number of nitrogens with one attached hydrogen (secondary N) is 1. The Hall–Kier alpha value is -2.24. The Kier molecular flexibility index (Phi) is 2.55. The van der Waals surface area contributed by atoms with Crippen molar-refractivity contribution in [2.24, 2.45) is 0 Å². The second-order valence-corrected chi connectivity index (χ2v) is 4.38. The lowest BCUT2D eigenvalue weighted by molar-refractivity contribution is 0.155. The lowest BCUT2D eigenvalue weighted by Gasteiger charge is -2.14. The normalized spacial score (nSPS) is 19.3. The second-order valence-electron chi connectivity index (χ2n) is 4.38. The van der Waals surface area contributed by atoms with Crippen molar-refractivity contribution in [2.75, 3.05) is 18.4 Å². The molecule has 6 nitrogen and oxygen atoms in total. The van der Waals surface area contributed by atoms with Crippen molar-refractivity contribution in [1.82, 2.24) is 9.88 Å². The fraction of sp³-hybridized carbons (Fsp3) is 0.333. The minimum Gasteiger partial charge on any atom is -0.465 e. The van der Waals surface area contributed by atoms with Crippen LogP contribution in [0.3, 0.4) is 0 Å². The third-order valence-electron chi connectivity index (χ3n) is 3.18. The third-order valence-corrected chi connectivity index (χ3v) is 3.18. The van der Waals surface area contributed by atoms with Gasteiger partial charge in [-0.1, -0.05) is 0 Å². The number of hydrogen-bond acceptors (Lipinski definition) is 4. The fourth-order valence-electron chi connectivity index (χ4n) is 2.27. The highest BCUT2D eigenvalue weighted by molar-refractivity contribution is 5.87. The monoisotopic (exact) mass is 247 g/mol. The number of carboxylic acid groups (broad SMARTS) is 1. The lowest BCUT2D eigenvalue weighted by Crippen LogP contribution is -2.30. The molecule has 1 amide bonds. The Morgan fingerprint density at radius 1 is 1.56 bits per heavy atom. The zero-order valence-corrected chi connectivity index (χ0v) is 9.67. The van der Waals surface area contributed by atoms with Crippen molar-refractivity contribution < 1.29 is 14.3 Å². The Morgan fingerprint density at radius 2 is 2.44 bits per heavy atom. The number of fused-ring (bicyclic) bond motifs is 1. The molecule has 18 heavy (non-hydrogen) atoms. The first-order valence-electron chi connectivity index (χ1n) is 5.79. The van der Waals surface area contributed by atoms with Gasteiger partial charge in [0.1, 0.15) is 0 Å². The van der Waals surface area contributed by atoms with Crippen molar-refractivity contribution in [3.8, 4) is 0 Å². The topological polar surface area (TPSA) is 78.6 Å². The van der Waals surface area contributed by atoms with E-state index >= 15 is 0 Å². The highest BCUT2D eigenvalue weighted by Crippen LogP contribution is 2.25. The van der Waals surface area contributed by atoms with Crippen LogP contribution in [0.5, 0.6) is 0 Å². The van der Waals surface area contributed by atoms with Crippen molar-refractivity contribution in [3.63, 3.8) is 0 Å². The summed E-state index contributed by atoms with van der Waals surface area (Å²) in [6, 6.07) is 1.96. The average molecular weight is 247 g/mol. The Bertz CT molecular complexity index is 581. The summed E-state index contributed by atoms with van der Waals surface area (Å²) in [4.78, 5) is 16.4. The maximum absolute atomic E-state index is 10.8. The van der Waals surface area contributed by atoms with E-state index in [1.165, 1.54) is 4.90 Å². The van der Waals surface area contributed by atoms with E-state index in [4.69, 9.17) is 9.52 Å². The molecule has 0 bridgehead atoms. The molecule has 0 aromatic carbocycles. The van der Waals surface area contributed by atoms with Gasteiger partial charge in [-0.3, -0.25) is 4.98 Å². The number of pyridine rings is 1. The summed E-state index contributed by atoms with van der Waals surface area (Å²) < 4.78 is 5.40. The van der Waals surface area contributed by atoms with E-state index in [0.717, 1.165) is 23.1 Å². The van der Waals surface area contributed by atoms with E-state index in [9.17, 15) is 4.79 Å². The number of aromatic nitrogens is 1. The van der Waals surface area contributed by atoms with Gasteiger partial charge in [-0.25, -0.2) is 4.79 Å². The first kappa shape index (κ1) is 10.9. The SMILES string of the molecule is O=C(O)N1CCC(Nc2cncc3ccoc23)C1. The van der Waals surface area contributed by atoms with Crippen LogP contribution < -0.4 is 5.32 Å². The standard InChI is InChI=1S/C12H13N3O3/c16-12(17)15-3-1-9(7-15)14-10-6-13-5-8-2-4-18-11(8)10/h2,4-6,9,14H,1,3,7H2,(H,16,17). The van der Waals surface area contributed by atoms with Crippen molar-refractivity contribution in [3.05, 3.63) is 24.7 Å². The minimum atomic E-state index is -0.867. The minimum absolute atomic E-state index is 0.110. The van der Waals surface area contributed by atoms with Crippen LogP contribution in [0, 0.1) is 0 Å². The van der Waals surface area contributed by atoms with Crippen molar-refractivity contribution >= 4 is 22.7 Å². The molecule has 6 heteroatoms. The number of rotatable bonds is 2. The molecule has 0 radical (unpaired) electrons. The van der Waals surface area contributed by atoms with Crippen LogP contribution in [0.25, 0.3) is 11.0 Å². The molecule has 0 saturated carbocycles. The molecular weight excluding hydrogens is 234 g/mol. The summed E-state index contributed by atoms with van der Waals surface area (Å²) >= 11 is 0. The largest absolute Gasteiger partial charge is 0.465 e. The Labute approximate surface area is 103 Å². The summed E-state index contributed by atoms with van der Waals surface area (Å²) in [6.45, 7) is 1.06. The van der Waals surface area contributed by atoms with Crippen LogP contribution in [0.2, 0.25) is 0 Å². The smallest absolute Gasteiger partial charge is 0.407 e. The number of anilines is 1. The van der Waals surface area contributed by atoms with Crippen LogP contribution in [0.15, 0.2) is 29.1 Å². The van der Waals surface area contributed by atoms with Gasteiger partial charge in [0.2, 0.25) is 0 Å². The van der Waals surface area contributed by atoms with Gasteiger partial charge in [-0.2, -0.15) is 0 Å². The van der Waals surface area contributed by atoms with E-state index in [1.807, 2.05) is 6.07 Å². The van der Waals surface area contributed by atoms with Crippen LogP contribution in [-0.4, -0.2) is 40.2 Å². The zero-order valence-electron chi connectivity index (χ0n) is 9.67. The van der Waals surface area contributed by atoms with E-state index in [2.05, 4.69) is 10.3 Å². The Balaban J connectivity index is 1.77. The Morgan fingerprint density at radius 3 is 3.22 bits per heavy atom. The van der Waals surface area contributed by atoms with Gasteiger partial charge in [-0.05, 0) is 12.5 Å². The quantitative estimate of drug-likeness (QED) is 0.848. The number of amides is 1. The molecule has 0 aliphatic carbocycles. The number of furan rings is 1. The molecule has 1 saturated heterocycles. The van der Waals surface area contributed by atoms with Gasteiger partial charge in [0.25, 0.3) is 0 Å². The molecule has 3 heterocycles. The highest BCUT2D eigenvalue weighted by atomic mass is 16.4. The third kappa shape index (κ3) is 1.85. The number of nitrogens with zero attached hydrogens (tertiary/aromatic N) is 2. The summed E-state index contributed by atoms with van der Waals surface area (Å²) in [6.07, 6.45) is 4.99. The predicted molar refractivity (Wildman–Crippen MR) is 65.6 cm³/mol. The van der Waals surface area contributed by atoms with Crippen LogP contribution in [-0.2, 0) is 0 Å². The van der Waals surface area contributed by atoms with Gasteiger partial charge >= 0.3 is 6.09 Å². The lowest BCUT2D eigenvalue weighted by atomic mass is 10.2. The number of carbonyl (C=O) groups is 1. The molecule has 2 N–H and O–H groups in total. The maximum atomic E-state index is 10.8. The molecule has 1 atom stereocenters. The van der Waals surface area contributed by atoms with Gasteiger partial charge < -0.3 is 19.7 Å². The number of hydrogen-bond donors (Lipinski definition) is 2. The van der Waals surface area contributed by atoms with E-state index in [1.54, 1.807) is 18.7 Å². The molecule has 0 spiro atoms. The maximum Gasteiger partial charge on any atom is 0.407 e. The first-order chi connectivity index (χ1) is 8.74. The molecule has 1 aliphatic rings. The van der Waals surface area contributed by atoms with Gasteiger partial charge in [0.05, 0.1) is 18.1 Å². The highest BCUT2D eigenvalue weighted by Gasteiger charge is 2.26. The fourth-order valence-corrected chi connectivity index (χ4v) is 2.27. The molecule has 2 aromatic heterocycles. The molecule has 1 fully saturated rings. The summed E-state index contributed by atoms with van der Waals surface area (Å²) in [5.74, 6) is 0. The summed E-state index contributed by atoms with van der Waals surface area (Å²) in [5.41, 5.74) is 1.58. The average Bonchev–Trinajstić information content (AvgIpc) is 2.97. The van der Waals surface area contributed by atoms with Crippen molar-refractivity contribution in [2.45, 2.75) is 12.5 Å². The van der Waals surface area contributed by atoms with E-state index in [-0.39, 0.29) is 6.04 Å². The van der Waals surface area contributed by atoms with Gasteiger partial charge in [0.15, 0.2) is 5.58 Å². The van der Waals surface area contributed by atoms with Crippen LogP contribution >= 0.6 is 0 Å². The second kappa shape index (κ2) is 4.21.